The predicted molar refractivity (Wildman–Crippen MR) is 107 cm³/mol. The van der Waals surface area contributed by atoms with E-state index in [0.717, 1.165) is 0 Å². The number of hydrogen-bond acceptors (Lipinski definition) is 8. The number of methoxy groups -OCH3 is 2. The lowest BCUT2D eigenvalue weighted by Gasteiger charge is -2.30. The molecule has 0 aromatic heterocycles. The van der Waals surface area contributed by atoms with Crippen LogP contribution in [0.25, 0.3) is 0 Å². The Morgan fingerprint density at radius 3 is 2.29 bits per heavy atom. The number of hydrazine groups is 1. The van der Waals surface area contributed by atoms with E-state index in [0.29, 0.717) is 23.0 Å². The van der Waals surface area contributed by atoms with E-state index in [9.17, 15) is 14.4 Å². The number of fused-ring (bicyclic) bond motifs is 1. The number of benzene rings is 2. The summed E-state index contributed by atoms with van der Waals surface area (Å²) in [4.78, 5) is 36.4. The van der Waals surface area contributed by atoms with Gasteiger partial charge in [-0.15, -0.1) is 0 Å². The molecule has 1 aliphatic rings. The zero-order valence-electron chi connectivity index (χ0n) is 17.2. The first-order valence-electron chi connectivity index (χ1n) is 9.33. The lowest BCUT2D eigenvalue weighted by Crippen LogP contribution is -2.47. The molecule has 0 saturated heterocycles. The number of carbonyl (C=O) groups is 3. The summed E-state index contributed by atoms with van der Waals surface area (Å²) < 4.78 is 26.5. The molecule has 31 heavy (non-hydrogen) atoms. The summed E-state index contributed by atoms with van der Waals surface area (Å²) in [6.45, 7) is 1.05. The maximum Gasteiger partial charge on any atom is 0.351 e. The van der Waals surface area contributed by atoms with E-state index in [-0.39, 0.29) is 5.56 Å². The first-order chi connectivity index (χ1) is 14.9. The Hall–Kier alpha value is -3.95. The van der Waals surface area contributed by atoms with Crippen molar-refractivity contribution in [3.05, 3.63) is 48.0 Å². The molecule has 10 heteroatoms. The van der Waals surface area contributed by atoms with Crippen LogP contribution >= 0.6 is 0 Å². The van der Waals surface area contributed by atoms with E-state index >= 15 is 0 Å². The second kappa shape index (κ2) is 9.70. The van der Waals surface area contributed by atoms with Crippen LogP contribution in [0.5, 0.6) is 23.0 Å². The van der Waals surface area contributed by atoms with Crippen molar-refractivity contribution in [3.8, 4) is 23.0 Å². The van der Waals surface area contributed by atoms with Crippen LogP contribution < -0.4 is 29.8 Å². The van der Waals surface area contributed by atoms with Gasteiger partial charge in [-0.3, -0.25) is 20.4 Å². The third-order valence-corrected chi connectivity index (χ3v) is 4.38. The standard InChI is InChI=1S/C21H22N2O8/c1-12-19(31-16-7-5-4-6-15(16)30-12)21(26)29-11-18(24)22-23-20(25)13-8-9-14(27-2)17(10-13)28-3/h4-10,12,19H,11H2,1-3H3,(H,22,24)(H,23,25). The zero-order chi connectivity index (χ0) is 22.4. The average molecular weight is 430 g/mol. The highest BCUT2D eigenvalue weighted by Gasteiger charge is 2.35. The van der Waals surface area contributed by atoms with E-state index in [4.69, 9.17) is 23.7 Å². The van der Waals surface area contributed by atoms with Crippen LogP contribution in [0.3, 0.4) is 0 Å². The molecule has 3 rings (SSSR count). The summed E-state index contributed by atoms with van der Waals surface area (Å²) in [6.07, 6.45) is -1.63. The van der Waals surface area contributed by atoms with Crippen molar-refractivity contribution in [1.29, 1.82) is 0 Å². The Morgan fingerprint density at radius 1 is 0.935 bits per heavy atom. The second-order valence-electron chi connectivity index (χ2n) is 6.49. The fraction of sp³-hybridized carbons (Fsp3) is 0.286. The van der Waals surface area contributed by atoms with E-state index in [1.807, 2.05) is 0 Å². The third-order valence-electron chi connectivity index (χ3n) is 4.38. The van der Waals surface area contributed by atoms with Crippen LogP contribution in [0.2, 0.25) is 0 Å². The molecule has 0 aliphatic carbocycles. The van der Waals surface area contributed by atoms with Gasteiger partial charge in [-0.1, -0.05) is 12.1 Å². The Balaban J connectivity index is 1.48. The van der Waals surface area contributed by atoms with Gasteiger partial charge in [0.25, 0.3) is 11.8 Å². The molecule has 1 aliphatic heterocycles. The number of para-hydroxylation sites is 2. The molecule has 0 bridgehead atoms. The largest absolute Gasteiger partial charge is 0.493 e. The number of hydrogen-bond donors (Lipinski definition) is 2. The number of carbonyl (C=O) groups excluding carboxylic acids is 3. The summed E-state index contributed by atoms with van der Waals surface area (Å²) in [6, 6.07) is 11.4. The minimum atomic E-state index is -1.02. The van der Waals surface area contributed by atoms with Crippen molar-refractivity contribution in [2.24, 2.45) is 0 Å². The summed E-state index contributed by atoms with van der Waals surface area (Å²) in [5.41, 5.74) is 4.63. The Labute approximate surface area is 178 Å². The van der Waals surface area contributed by atoms with Gasteiger partial charge in [0.05, 0.1) is 14.2 Å². The van der Waals surface area contributed by atoms with Crippen molar-refractivity contribution in [3.63, 3.8) is 0 Å². The monoisotopic (exact) mass is 430 g/mol. The van der Waals surface area contributed by atoms with Gasteiger partial charge in [0.15, 0.2) is 29.6 Å². The normalized spacial score (nSPS) is 16.6. The third kappa shape index (κ3) is 5.16. The van der Waals surface area contributed by atoms with Gasteiger partial charge in [-0.05, 0) is 37.3 Å². The smallest absolute Gasteiger partial charge is 0.351 e. The Morgan fingerprint density at radius 2 is 1.61 bits per heavy atom. The number of nitrogens with one attached hydrogen (secondary N) is 2. The van der Waals surface area contributed by atoms with Crippen molar-refractivity contribution in [1.82, 2.24) is 10.9 Å². The maximum absolute atomic E-state index is 12.3. The lowest BCUT2D eigenvalue weighted by atomic mass is 10.2. The number of amides is 2. The topological polar surface area (TPSA) is 121 Å². The molecule has 0 fully saturated rings. The molecule has 10 nitrogen and oxygen atoms in total. The fourth-order valence-electron chi connectivity index (χ4n) is 2.81. The van der Waals surface area contributed by atoms with Crippen LogP contribution in [0.4, 0.5) is 0 Å². The average Bonchev–Trinajstić information content (AvgIpc) is 2.79. The van der Waals surface area contributed by atoms with Crippen molar-refractivity contribution in [2.75, 3.05) is 20.8 Å². The highest BCUT2D eigenvalue weighted by atomic mass is 16.6. The molecule has 2 aromatic carbocycles. The van der Waals surface area contributed by atoms with E-state index < -0.39 is 36.6 Å². The fourth-order valence-corrected chi connectivity index (χ4v) is 2.81. The van der Waals surface area contributed by atoms with Gasteiger partial charge in [0.1, 0.15) is 6.10 Å². The zero-order valence-corrected chi connectivity index (χ0v) is 17.2. The van der Waals surface area contributed by atoms with Gasteiger partial charge in [-0.25, -0.2) is 4.79 Å². The maximum atomic E-state index is 12.3. The molecule has 0 saturated carbocycles. The minimum absolute atomic E-state index is 0.232. The van der Waals surface area contributed by atoms with Gasteiger partial charge in [0, 0.05) is 5.56 Å². The number of esters is 1. The molecule has 0 radical (unpaired) electrons. The SMILES string of the molecule is COc1ccc(C(=O)NNC(=O)COC(=O)C2Oc3ccccc3OC2C)cc1OC. The van der Waals surface area contributed by atoms with Crippen molar-refractivity contribution >= 4 is 17.8 Å². The van der Waals surface area contributed by atoms with E-state index in [2.05, 4.69) is 10.9 Å². The van der Waals surface area contributed by atoms with Gasteiger partial charge in [0.2, 0.25) is 6.10 Å². The molecular formula is C21H22N2O8. The van der Waals surface area contributed by atoms with Crippen molar-refractivity contribution in [2.45, 2.75) is 19.1 Å². The predicted octanol–water partition coefficient (Wildman–Crippen LogP) is 1.24. The molecule has 1 heterocycles. The van der Waals surface area contributed by atoms with Crippen molar-refractivity contribution < 1.29 is 38.1 Å². The number of rotatable bonds is 6. The summed E-state index contributed by atoms with van der Waals surface area (Å²) in [7, 11) is 2.92. The molecule has 2 unspecified atom stereocenters. The molecule has 164 valence electrons. The molecular weight excluding hydrogens is 408 g/mol. The molecule has 0 spiro atoms. The lowest BCUT2D eigenvalue weighted by molar-refractivity contribution is -0.160. The van der Waals surface area contributed by atoms with Crippen LogP contribution in [0.1, 0.15) is 17.3 Å². The summed E-state index contributed by atoms with van der Waals surface area (Å²) in [5.74, 6) is -0.324. The van der Waals surface area contributed by atoms with E-state index in [1.54, 1.807) is 37.3 Å². The molecule has 2 N–H and O–H groups in total. The van der Waals surface area contributed by atoms with Crippen LogP contribution in [0.15, 0.2) is 42.5 Å². The Kier molecular flexibility index (Phi) is 6.81. The van der Waals surface area contributed by atoms with Crippen LogP contribution in [-0.4, -0.2) is 50.8 Å². The summed E-state index contributed by atoms with van der Waals surface area (Å²) >= 11 is 0. The first kappa shape index (κ1) is 21.8. The van der Waals surface area contributed by atoms with Gasteiger partial charge in [-0.2, -0.15) is 0 Å². The van der Waals surface area contributed by atoms with Gasteiger partial charge >= 0.3 is 5.97 Å². The molecule has 2 amide bonds. The Bertz CT molecular complexity index is 978. The van der Waals surface area contributed by atoms with Gasteiger partial charge < -0.3 is 23.7 Å². The highest BCUT2D eigenvalue weighted by molar-refractivity contribution is 5.96. The molecule has 2 atom stereocenters. The first-order valence-corrected chi connectivity index (χ1v) is 9.33. The van der Waals surface area contributed by atoms with Crippen LogP contribution in [0, 0.1) is 0 Å². The van der Waals surface area contributed by atoms with Crippen LogP contribution in [-0.2, 0) is 14.3 Å². The highest BCUT2D eigenvalue weighted by Crippen LogP contribution is 2.33. The molecule has 2 aromatic rings. The quantitative estimate of drug-likeness (QED) is 0.519. The summed E-state index contributed by atoms with van der Waals surface area (Å²) in [5, 5.41) is 0. The second-order valence-corrected chi connectivity index (χ2v) is 6.49. The minimum Gasteiger partial charge on any atom is -0.493 e. The van der Waals surface area contributed by atoms with E-state index in [1.165, 1.54) is 26.4 Å². The number of ether oxygens (including phenoxy) is 5.